The van der Waals surface area contributed by atoms with Crippen LogP contribution in [0.15, 0.2) is 41.3 Å². The van der Waals surface area contributed by atoms with Gasteiger partial charge in [-0.3, -0.25) is 4.79 Å². The van der Waals surface area contributed by atoms with Crippen molar-refractivity contribution >= 4 is 50.3 Å². The van der Waals surface area contributed by atoms with Gasteiger partial charge >= 0.3 is 5.97 Å². The molecular formula is C20H22N4O6S2. The molecule has 1 heterocycles. The smallest absolute Gasteiger partial charge is 0.338 e. The van der Waals surface area contributed by atoms with E-state index in [0.717, 1.165) is 11.7 Å². The highest BCUT2D eigenvalue weighted by Gasteiger charge is 2.27. The molecule has 32 heavy (non-hydrogen) atoms. The SMILES string of the molecule is CCN(CC)S(=O)(=O)c1cc(C(=O)OCC(=O)Nc2cccc3nsnc23)ccc1OC. The van der Waals surface area contributed by atoms with Gasteiger partial charge < -0.3 is 14.8 Å². The fraction of sp³-hybridized carbons (Fsp3) is 0.300. The summed E-state index contributed by atoms with van der Waals surface area (Å²) in [6.07, 6.45) is 0. The second kappa shape index (κ2) is 10.0. The lowest BCUT2D eigenvalue weighted by atomic mass is 10.2. The molecule has 0 spiro atoms. The third kappa shape index (κ3) is 4.87. The first-order chi connectivity index (χ1) is 15.3. The Balaban J connectivity index is 1.74. The molecule has 3 rings (SSSR count). The molecule has 0 aliphatic heterocycles. The molecule has 0 aliphatic carbocycles. The summed E-state index contributed by atoms with van der Waals surface area (Å²) in [5.41, 5.74) is 1.62. The van der Waals surface area contributed by atoms with Crippen molar-refractivity contribution in [3.8, 4) is 5.75 Å². The van der Waals surface area contributed by atoms with Crippen molar-refractivity contribution in [3.05, 3.63) is 42.0 Å². The minimum Gasteiger partial charge on any atom is -0.495 e. The summed E-state index contributed by atoms with van der Waals surface area (Å²) in [7, 11) is -2.53. The topological polar surface area (TPSA) is 128 Å². The van der Waals surface area contributed by atoms with Crippen LogP contribution in [0.3, 0.4) is 0 Å². The second-order valence-corrected chi connectivity index (χ2v) is 8.95. The fourth-order valence-electron chi connectivity index (χ4n) is 3.02. The fourth-order valence-corrected chi connectivity index (χ4v) is 5.20. The summed E-state index contributed by atoms with van der Waals surface area (Å²) in [6, 6.07) is 9.10. The van der Waals surface area contributed by atoms with Crippen molar-refractivity contribution in [1.82, 2.24) is 13.1 Å². The lowest BCUT2D eigenvalue weighted by molar-refractivity contribution is -0.119. The number of benzene rings is 2. The van der Waals surface area contributed by atoms with E-state index in [1.165, 1.54) is 29.6 Å². The van der Waals surface area contributed by atoms with E-state index in [2.05, 4.69) is 14.1 Å². The standard InChI is InChI=1S/C20H22N4O6S2/c1-4-24(5-2)32(27,28)17-11-13(9-10-16(17)29-3)20(26)30-12-18(25)21-14-7-6-8-15-19(14)23-31-22-15/h6-11H,4-5,12H2,1-3H3,(H,21,25). The number of hydrogen-bond donors (Lipinski definition) is 1. The quantitative estimate of drug-likeness (QED) is 0.465. The first-order valence-electron chi connectivity index (χ1n) is 9.68. The molecule has 1 amide bonds. The van der Waals surface area contributed by atoms with E-state index in [4.69, 9.17) is 9.47 Å². The molecule has 0 fully saturated rings. The average Bonchev–Trinajstić information content (AvgIpc) is 3.27. The normalized spacial score (nSPS) is 11.5. The van der Waals surface area contributed by atoms with E-state index in [1.54, 1.807) is 32.0 Å². The summed E-state index contributed by atoms with van der Waals surface area (Å²) in [6.45, 7) is 3.39. The number of esters is 1. The Bertz CT molecular complexity index is 1240. The van der Waals surface area contributed by atoms with Gasteiger partial charge in [-0.15, -0.1) is 0 Å². The Kier molecular flexibility index (Phi) is 7.38. The van der Waals surface area contributed by atoms with Gasteiger partial charge in [0.15, 0.2) is 6.61 Å². The predicted molar refractivity (Wildman–Crippen MR) is 119 cm³/mol. The predicted octanol–water partition coefficient (Wildman–Crippen LogP) is 2.53. The maximum absolute atomic E-state index is 12.9. The number of fused-ring (bicyclic) bond motifs is 1. The van der Waals surface area contributed by atoms with Gasteiger partial charge in [0.2, 0.25) is 10.0 Å². The number of ether oxygens (including phenoxy) is 2. The Morgan fingerprint density at radius 2 is 1.88 bits per heavy atom. The summed E-state index contributed by atoms with van der Waals surface area (Å²) in [4.78, 5) is 24.6. The molecule has 12 heteroatoms. The molecular weight excluding hydrogens is 456 g/mol. The molecule has 1 aromatic heterocycles. The lowest BCUT2D eigenvalue weighted by Crippen LogP contribution is -2.31. The zero-order valence-electron chi connectivity index (χ0n) is 17.7. The highest BCUT2D eigenvalue weighted by Crippen LogP contribution is 2.28. The molecule has 0 unspecified atom stereocenters. The number of aromatic nitrogens is 2. The van der Waals surface area contributed by atoms with Crippen LogP contribution in [0, 0.1) is 0 Å². The van der Waals surface area contributed by atoms with Gasteiger partial charge in [-0.1, -0.05) is 19.9 Å². The highest BCUT2D eigenvalue weighted by molar-refractivity contribution is 7.89. The Hall–Kier alpha value is -3.09. The monoisotopic (exact) mass is 478 g/mol. The van der Waals surface area contributed by atoms with Crippen LogP contribution in [0.4, 0.5) is 5.69 Å². The zero-order chi connectivity index (χ0) is 23.3. The number of hydrogen-bond acceptors (Lipinski definition) is 9. The molecule has 0 saturated carbocycles. The molecule has 2 aromatic carbocycles. The number of methoxy groups -OCH3 is 1. The number of sulfonamides is 1. The third-order valence-corrected chi connectivity index (χ3v) is 7.23. The number of rotatable bonds is 9. The summed E-state index contributed by atoms with van der Waals surface area (Å²) < 4.78 is 45.6. The van der Waals surface area contributed by atoms with Crippen molar-refractivity contribution in [2.75, 3.05) is 32.1 Å². The van der Waals surface area contributed by atoms with E-state index < -0.39 is 28.5 Å². The molecule has 10 nitrogen and oxygen atoms in total. The highest BCUT2D eigenvalue weighted by atomic mass is 32.2. The van der Waals surface area contributed by atoms with Gasteiger partial charge in [0.25, 0.3) is 5.91 Å². The summed E-state index contributed by atoms with van der Waals surface area (Å²) in [5, 5.41) is 2.63. The van der Waals surface area contributed by atoms with Crippen LogP contribution in [0.5, 0.6) is 5.75 Å². The van der Waals surface area contributed by atoms with Crippen LogP contribution in [0.25, 0.3) is 11.0 Å². The molecule has 0 atom stereocenters. The Labute approximate surface area is 189 Å². The largest absolute Gasteiger partial charge is 0.495 e. The minimum absolute atomic E-state index is 0.0184. The van der Waals surface area contributed by atoms with Gasteiger partial charge in [0, 0.05) is 13.1 Å². The van der Waals surface area contributed by atoms with Crippen molar-refractivity contribution in [2.24, 2.45) is 0 Å². The van der Waals surface area contributed by atoms with E-state index in [0.29, 0.717) is 16.7 Å². The van der Waals surface area contributed by atoms with Crippen LogP contribution in [0.2, 0.25) is 0 Å². The van der Waals surface area contributed by atoms with Gasteiger partial charge in [-0.05, 0) is 30.3 Å². The molecule has 1 N–H and O–H groups in total. The van der Waals surface area contributed by atoms with Crippen molar-refractivity contribution < 1.29 is 27.5 Å². The van der Waals surface area contributed by atoms with Crippen molar-refractivity contribution in [1.29, 1.82) is 0 Å². The van der Waals surface area contributed by atoms with Crippen molar-refractivity contribution in [2.45, 2.75) is 18.7 Å². The number of anilines is 1. The molecule has 170 valence electrons. The van der Waals surface area contributed by atoms with Crippen LogP contribution in [0.1, 0.15) is 24.2 Å². The number of amides is 1. The third-order valence-electron chi connectivity index (χ3n) is 4.62. The summed E-state index contributed by atoms with van der Waals surface area (Å²) in [5.74, 6) is -1.30. The first-order valence-corrected chi connectivity index (χ1v) is 11.8. The lowest BCUT2D eigenvalue weighted by Gasteiger charge is -2.20. The Morgan fingerprint density at radius 1 is 1.12 bits per heavy atom. The van der Waals surface area contributed by atoms with Crippen LogP contribution in [-0.4, -0.2) is 60.2 Å². The van der Waals surface area contributed by atoms with E-state index >= 15 is 0 Å². The maximum Gasteiger partial charge on any atom is 0.338 e. The number of carbonyl (C=O) groups excluding carboxylic acids is 2. The first kappa shape index (κ1) is 23.6. The Morgan fingerprint density at radius 3 is 2.56 bits per heavy atom. The van der Waals surface area contributed by atoms with Gasteiger partial charge in [0.05, 0.1) is 30.1 Å². The molecule has 0 bridgehead atoms. The second-order valence-electron chi connectivity index (χ2n) is 6.52. The number of nitrogens with one attached hydrogen (secondary N) is 1. The molecule has 0 saturated heterocycles. The van der Waals surface area contributed by atoms with E-state index in [1.807, 2.05) is 0 Å². The number of carbonyl (C=O) groups is 2. The molecule has 3 aromatic rings. The van der Waals surface area contributed by atoms with E-state index in [9.17, 15) is 18.0 Å². The molecule has 0 aliphatic rings. The molecule has 0 radical (unpaired) electrons. The van der Waals surface area contributed by atoms with Crippen LogP contribution < -0.4 is 10.1 Å². The summed E-state index contributed by atoms with van der Waals surface area (Å²) >= 11 is 1.02. The minimum atomic E-state index is -3.88. The van der Waals surface area contributed by atoms with Crippen molar-refractivity contribution in [3.63, 3.8) is 0 Å². The van der Waals surface area contributed by atoms with Gasteiger partial charge in [0.1, 0.15) is 21.7 Å². The number of nitrogens with zero attached hydrogens (tertiary/aromatic N) is 3. The maximum atomic E-state index is 12.9. The van der Waals surface area contributed by atoms with E-state index in [-0.39, 0.29) is 29.3 Å². The van der Waals surface area contributed by atoms with Gasteiger partial charge in [-0.25, -0.2) is 13.2 Å². The average molecular weight is 479 g/mol. The van der Waals surface area contributed by atoms with Gasteiger partial charge in [-0.2, -0.15) is 13.1 Å². The zero-order valence-corrected chi connectivity index (χ0v) is 19.3. The van der Waals surface area contributed by atoms with Crippen LogP contribution >= 0.6 is 11.7 Å². The van der Waals surface area contributed by atoms with Crippen LogP contribution in [-0.2, 0) is 19.6 Å².